The number of hydrogen-bond acceptors (Lipinski definition) is 1. The molecule has 2 atom stereocenters. The van der Waals surface area contributed by atoms with Gasteiger partial charge in [-0.15, -0.1) is 0 Å². The van der Waals surface area contributed by atoms with Gasteiger partial charge in [0.15, 0.2) is 0 Å². The summed E-state index contributed by atoms with van der Waals surface area (Å²) in [5.41, 5.74) is -0.551. The predicted molar refractivity (Wildman–Crippen MR) is 63.4 cm³/mol. The maximum absolute atomic E-state index is 15.0. The van der Waals surface area contributed by atoms with Crippen molar-refractivity contribution in [3.63, 3.8) is 0 Å². The molecule has 3 rings (SSSR count). The van der Waals surface area contributed by atoms with E-state index < -0.39 is 5.67 Å². The number of piperidine rings is 1. The summed E-state index contributed by atoms with van der Waals surface area (Å²) in [4.78, 5) is 0. The van der Waals surface area contributed by atoms with Gasteiger partial charge in [0.25, 0.3) is 0 Å². The molecular weight excluding hydrogens is 225 g/mol. The van der Waals surface area contributed by atoms with Gasteiger partial charge in [-0.25, -0.2) is 4.39 Å². The van der Waals surface area contributed by atoms with E-state index in [0.717, 1.165) is 12.8 Å². The van der Waals surface area contributed by atoms with Crippen LogP contribution >= 0.6 is 11.6 Å². The fraction of sp³-hybridized carbons (Fsp3) is 0.538. The van der Waals surface area contributed by atoms with Crippen LogP contribution in [0.15, 0.2) is 24.3 Å². The van der Waals surface area contributed by atoms with Crippen molar-refractivity contribution in [3.8, 4) is 0 Å². The molecule has 3 heteroatoms. The monoisotopic (exact) mass is 239 g/mol. The Labute approximate surface area is 100.0 Å². The lowest BCUT2D eigenvalue weighted by molar-refractivity contribution is 0.0875. The summed E-state index contributed by atoms with van der Waals surface area (Å²) in [6, 6.07) is 7.99. The smallest absolute Gasteiger partial charge is 0.140 e. The summed E-state index contributed by atoms with van der Waals surface area (Å²) in [6.45, 7) is 0. The molecule has 1 aromatic carbocycles. The van der Waals surface area contributed by atoms with Crippen LogP contribution in [-0.2, 0) is 5.67 Å². The quantitative estimate of drug-likeness (QED) is 0.792. The van der Waals surface area contributed by atoms with E-state index in [1.54, 1.807) is 6.07 Å². The van der Waals surface area contributed by atoms with E-state index in [2.05, 4.69) is 5.32 Å². The first-order valence-electron chi connectivity index (χ1n) is 5.87. The highest BCUT2D eigenvalue weighted by Gasteiger charge is 2.45. The van der Waals surface area contributed by atoms with Gasteiger partial charge in [-0.1, -0.05) is 29.8 Å². The van der Waals surface area contributed by atoms with Gasteiger partial charge >= 0.3 is 0 Å². The minimum atomic E-state index is -1.23. The molecule has 0 saturated carbocycles. The van der Waals surface area contributed by atoms with Gasteiger partial charge in [0.1, 0.15) is 5.67 Å². The molecule has 2 fully saturated rings. The summed E-state index contributed by atoms with van der Waals surface area (Å²) in [5, 5.41) is 4.01. The van der Waals surface area contributed by atoms with Gasteiger partial charge in [-0.3, -0.25) is 0 Å². The van der Waals surface area contributed by atoms with Crippen molar-refractivity contribution in [1.29, 1.82) is 0 Å². The molecule has 2 saturated heterocycles. The highest BCUT2D eigenvalue weighted by molar-refractivity contribution is 6.31. The molecule has 2 aliphatic heterocycles. The zero-order valence-corrected chi connectivity index (χ0v) is 9.80. The van der Waals surface area contributed by atoms with Crippen LogP contribution in [0, 0.1) is 0 Å². The molecule has 0 aliphatic carbocycles. The minimum Gasteiger partial charge on any atom is -0.311 e. The minimum absolute atomic E-state index is 0.333. The van der Waals surface area contributed by atoms with Gasteiger partial charge in [0.2, 0.25) is 0 Å². The van der Waals surface area contributed by atoms with Gasteiger partial charge < -0.3 is 5.32 Å². The summed E-state index contributed by atoms with van der Waals surface area (Å²) >= 11 is 6.10. The van der Waals surface area contributed by atoms with Crippen molar-refractivity contribution in [1.82, 2.24) is 5.32 Å². The van der Waals surface area contributed by atoms with Crippen molar-refractivity contribution >= 4 is 11.6 Å². The molecule has 1 aromatic rings. The lowest BCUT2D eigenvalue weighted by Crippen LogP contribution is -2.44. The lowest BCUT2D eigenvalue weighted by atomic mass is 9.83. The van der Waals surface area contributed by atoms with Crippen LogP contribution in [0.2, 0.25) is 5.02 Å². The van der Waals surface area contributed by atoms with Gasteiger partial charge in [0.05, 0.1) is 0 Å². The van der Waals surface area contributed by atoms with Crippen molar-refractivity contribution in [2.45, 2.75) is 43.4 Å². The van der Waals surface area contributed by atoms with E-state index in [1.165, 1.54) is 0 Å². The fourth-order valence-corrected chi connectivity index (χ4v) is 3.44. The fourth-order valence-electron chi connectivity index (χ4n) is 3.13. The van der Waals surface area contributed by atoms with Crippen LogP contribution in [0.4, 0.5) is 4.39 Å². The highest BCUT2D eigenvalue weighted by Crippen LogP contribution is 2.45. The molecule has 0 aromatic heterocycles. The molecule has 1 nitrogen and oxygen atoms in total. The third-order valence-electron chi connectivity index (χ3n) is 3.83. The van der Waals surface area contributed by atoms with Crippen LogP contribution in [-0.4, -0.2) is 12.1 Å². The van der Waals surface area contributed by atoms with Crippen LogP contribution in [0.3, 0.4) is 0 Å². The number of nitrogens with one attached hydrogen (secondary N) is 1. The van der Waals surface area contributed by atoms with Crippen LogP contribution in [0.25, 0.3) is 0 Å². The average Bonchev–Trinajstić information content (AvgIpc) is 2.59. The Balaban J connectivity index is 1.96. The Morgan fingerprint density at radius 3 is 2.44 bits per heavy atom. The first-order valence-corrected chi connectivity index (χ1v) is 6.25. The summed E-state index contributed by atoms with van der Waals surface area (Å²) in [6.07, 6.45) is 3.32. The normalized spacial score (nSPS) is 37.6. The number of hydrogen-bond donors (Lipinski definition) is 1. The second kappa shape index (κ2) is 3.71. The van der Waals surface area contributed by atoms with E-state index >= 15 is 0 Å². The first kappa shape index (κ1) is 10.5. The summed E-state index contributed by atoms with van der Waals surface area (Å²) in [7, 11) is 0. The molecular formula is C13H15ClFN. The molecule has 1 N–H and O–H groups in total. The van der Waals surface area contributed by atoms with E-state index in [9.17, 15) is 4.39 Å². The van der Waals surface area contributed by atoms with E-state index in [1.807, 2.05) is 18.2 Å². The average molecular weight is 240 g/mol. The lowest BCUT2D eigenvalue weighted by Gasteiger charge is -2.35. The van der Waals surface area contributed by atoms with Gasteiger partial charge in [0, 0.05) is 35.5 Å². The third-order valence-corrected chi connectivity index (χ3v) is 4.16. The Morgan fingerprint density at radius 1 is 1.19 bits per heavy atom. The zero-order chi connectivity index (χ0) is 11.2. The summed E-state index contributed by atoms with van der Waals surface area (Å²) < 4.78 is 15.0. The maximum atomic E-state index is 15.0. The number of rotatable bonds is 1. The van der Waals surface area contributed by atoms with Gasteiger partial charge in [-0.2, -0.15) is 0 Å². The SMILES string of the molecule is FC1(c2ccccc2Cl)CC2CCC(C1)N2. The second-order valence-electron chi connectivity index (χ2n) is 4.99. The van der Waals surface area contributed by atoms with Crippen molar-refractivity contribution in [2.75, 3.05) is 0 Å². The molecule has 16 heavy (non-hydrogen) atoms. The molecule has 0 amide bonds. The van der Waals surface area contributed by atoms with E-state index in [-0.39, 0.29) is 0 Å². The molecule has 86 valence electrons. The molecule has 0 spiro atoms. The number of alkyl halides is 1. The first-order chi connectivity index (χ1) is 7.67. The topological polar surface area (TPSA) is 12.0 Å². The van der Waals surface area contributed by atoms with E-state index in [0.29, 0.717) is 35.5 Å². The predicted octanol–water partition coefficient (Wildman–Crippen LogP) is 3.42. The number of halogens is 2. The second-order valence-corrected chi connectivity index (χ2v) is 5.40. The Hall–Kier alpha value is -0.600. The molecule has 2 bridgehead atoms. The molecule has 0 radical (unpaired) electrons. The largest absolute Gasteiger partial charge is 0.311 e. The van der Waals surface area contributed by atoms with Crippen LogP contribution in [0.5, 0.6) is 0 Å². The standard InChI is InChI=1S/C13H15ClFN/c14-12-4-2-1-3-11(12)13(15)7-9-5-6-10(8-13)16-9/h1-4,9-10,16H,5-8H2. The van der Waals surface area contributed by atoms with Crippen LogP contribution < -0.4 is 5.32 Å². The van der Waals surface area contributed by atoms with Crippen LogP contribution in [0.1, 0.15) is 31.2 Å². The highest BCUT2D eigenvalue weighted by atomic mass is 35.5. The third kappa shape index (κ3) is 1.64. The van der Waals surface area contributed by atoms with Crippen molar-refractivity contribution < 1.29 is 4.39 Å². The summed E-state index contributed by atoms with van der Waals surface area (Å²) in [5.74, 6) is 0. The Bertz CT molecular complexity index is 395. The van der Waals surface area contributed by atoms with Gasteiger partial charge in [-0.05, 0) is 18.9 Å². The van der Waals surface area contributed by atoms with E-state index in [4.69, 9.17) is 11.6 Å². The number of benzene rings is 1. The van der Waals surface area contributed by atoms with Crippen molar-refractivity contribution in [3.05, 3.63) is 34.9 Å². The molecule has 2 aliphatic rings. The molecule has 2 unspecified atom stereocenters. The van der Waals surface area contributed by atoms with Crippen molar-refractivity contribution in [2.24, 2.45) is 0 Å². The Morgan fingerprint density at radius 2 is 1.81 bits per heavy atom. The number of fused-ring (bicyclic) bond motifs is 2. The Kier molecular flexibility index (Phi) is 2.45. The zero-order valence-electron chi connectivity index (χ0n) is 9.05. The maximum Gasteiger partial charge on any atom is 0.140 e. The molecule has 2 heterocycles.